The van der Waals surface area contributed by atoms with Crippen LogP contribution in [-0.2, 0) is 22.4 Å². The van der Waals surface area contributed by atoms with Crippen molar-refractivity contribution in [1.82, 2.24) is 20.2 Å². The van der Waals surface area contributed by atoms with E-state index in [9.17, 15) is 9.59 Å². The third-order valence-electron chi connectivity index (χ3n) is 8.35. The summed E-state index contributed by atoms with van der Waals surface area (Å²) in [6, 6.07) is 10.2. The summed E-state index contributed by atoms with van der Waals surface area (Å²) >= 11 is 8.56. The predicted molar refractivity (Wildman–Crippen MR) is 196 cm³/mol. The summed E-state index contributed by atoms with van der Waals surface area (Å²) in [5.41, 5.74) is 2.09. The molecule has 0 aliphatic heterocycles. The van der Waals surface area contributed by atoms with E-state index in [2.05, 4.69) is 74.4 Å². The first-order valence-corrected chi connectivity index (χ1v) is 18.9. The SMILES string of the molecule is CCC[N+](C)(C)CCN(CC[N+](C)(C)CCC)C(=O)C(Cc1ccccc1)CC(CSC(=S)SC)C(=O)NCCc1cnc[nH]1. The van der Waals surface area contributed by atoms with E-state index in [1.165, 1.54) is 23.5 Å². The van der Waals surface area contributed by atoms with Crippen LogP contribution in [0.25, 0.3) is 0 Å². The monoisotopic (exact) mass is 678 g/mol. The van der Waals surface area contributed by atoms with Gasteiger partial charge in [-0.15, -0.1) is 23.5 Å². The van der Waals surface area contributed by atoms with Crippen molar-refractivity contribution in [2.45, 2.75) is 46.0 Å². The van der Waals surface area contributed by atoms with Crippen molar-refractivity contribution < 1.29 is 18.6 Å². The predicted octanol–water partition coefficient (Wildman–Crippen LogP) is 5.12. The van der Waals surface area contributed by atoms with Crippen molar-refractivity contribution >= 4 is 51.1 Å². The number of thiocarbonyl (C=S) groups is 1. The quantitative estimate of drug-likeness (QED) is 0.141. The first-order valence-electron chi connectivity index (χ1n) is 16.3. The molecule has 0 spiro atoms. The summed E-state index contributed by atoms with van der Waals surface area (Å²) in [6.45, 7) is 10.3. The van der Waals surface area contributed by atoms with Crippen molar-refractivity contribution in [2.24, 2.45) is 11.8 Å². The zero-order chi connectivity index (χ0) is 33.3. The number of carbonyl (C=O) groups excluding carboxylic acids is 2. The average Bonchev–Trinajstić information content (AvgIpc) is 3.52. The van der Waals surface area contributed by atoms with Gasteiger partial charge in [-0.05, 0) is 37.5 Å². The van der Waals surface area contributed by atoms with Gasteiger partial charge in [0.1, 0.15) is 3.53 Å². The third-order valence-corrected chi connectivity index (χ3v) is 11.2. The van der Waals surface area contributed by atoms with Crippen LogP contribution < -0.4 is 5.32 Å². The van der Waals surface area contributed by atoms with Crippen LogP contribution in [0.1, 0.15) is 44.4 Å². The number of hydrogen-bond acceptors (Lipinski definition) is 6. The maximum absolute atomic E-state index is 14.7. The minimum Gasteiger partial charge on any atom is -0.355 e. The van der Waals surface area contributed by atoms with Crippen molar-refractivity contribution in [2.75, 3.05) is 86.0 Å². The van der Waals surface area contributed by atoms with Gasteiger partial charge in [-0.1, -0.05) is 56.4 Å². The number of amides is 2. The van der Waals surface area contributed by atoms with Crippen LogP contribution in [0.5, 0.6) is 0 Å². The summed E-state index contributed by atoms with van der Waals surface area (Å²) in [6.07, 6.45) is 9.35. The van der Waals surface area contributed by atoms with Gasteiger partial charge in [-0.25, -0.2) is 4.98 Å². The minimum absolute atomic E-state index is 0.0233. The number of aromatic nitrogens is 2. The number of quaternary nitrogens is 2. The molecule has 11 heteroatoms. The molecule has 1 aromatic heterocycles. The first kappa shape index (κ1) is 39.3. The molecule has 0 aliphatic carbocycles. The molecule has 0 saturated heterocycles. The Morgan fingerprint density at radius 2 is 1.60 bits per heavy atom. The Kier molecular flexibility index (Phi) is 17.7. The number of aromatic amines is 1. The molecular weight excluding hydrogens is 621 g/mol. The number of benzene rings is 1. The van der Waals surface area contributed by atoms with Gasteiger partial charge in [-0.2, -0.15) is 0 Å². The number of carbonyl (C=O) groups is 2. The molecule has 2 atom stereocenters. The number of rotatable bonds is 21. The molecule has 2 N–H and O–H groups in total. The van der Waals surface area contributed by atoms with Crippen LogP contribution in [0.4, 0.5) is 0 Å². The van der Waals surface area contributed by atoms with Crippen molar-refractivity contribution in [3.05, 3.63) is 54.1 Å². The first-order chi connectivity index (χ1) is 21.4. The number of thioether (sulfide) groups is 2. The Hall–Kier alpha value is -1.92. The molecule has 1 aromatic carbocycles. The van der Waals surface area contributed by atoms with Gasteiger partial charge in [0.05, 0.1) is 73.8 Å². The summed E-state index contributed by atoms with van der Waals surface area (Å²) in [5, 5.41) is 3.14. The lowest BCUT2D eigenvalue weighted by Gasteiger charge is -2.36. The summed E-state index contributed by atoms with van der Waals surface area (Å²) in [5.74, 6) is 0.0165. The molecule has 0 radical (unpaired) electrons. The molecule has 0 bridgehead atoms. The van der Waals surface area contributed by atoms with Crippen LogP contribution >= 0.6 is 35.7 Å². The summed E-state index contributed by atoms with van der Waals surface area (Å²) < 4.78 is 2.56. The lowest BCUT2D eigenvalue weighted by molar-refractivity contribution is -0.892. The van der Waals surface area contributed by atoms with Crippen molar-refractivity contribution in [3.63, 3.8) is 0 Å². The number of nitrogens with one attached hydrogen (secondary N) is 2. The maximum Gasteiger partial charge on any atom is 0.226 e. The van der Waals surface area contributed by atoms with Crippen LogP contribution in [0.3, 0.4) is 0 Å². The molecule has 2 aromatic rings. The van der Waals surface area contributed by atoms with Crippen LogP contribution in [0, 0.1) is 11.8 Å². The van der Waals surface area contributed by atoms with Gasteiger partial charge in [-0.3, -0.25) is 9.59 Å². The normalized spacial score (nSPS) is 13.3. The van der Waals surface area contributed by atoms with Gasteiger partial charge in [0.25, 0.3) is 0 Å². The molecule has 0 saturated carbocycles. The van der Waals surface area contributed by atoms with E-state index in [0.717, 1.165) is 62.8 Å². The molecule has 1 heterocycles. The molecule has 2 unspecified atom stereocenters. The topological polar surface area (TPSA) is 78.1 Å². The van der Waals surface area contributed by atoms with Crippen molar-refractivity contribution in [1.29, 1.82) is 0 Å². The largest absolute Gasteiger partial charge is 0.355 e. The second-order valence-electron chi connectivity index (χ2n) is 13.3. The van der Waals surface area contributed by atoms with E-state index in [4.69, 9.17) is 12.2 Å². The van der Waals surface area contributed by atoms with Crippen LogP contribution in [0.15, 0.2) is 42.9 Å². The smallest absolute Gasteiger partial charge is 0.226 e. The van der Waals surface area contributed by atoms with Crippen molar-refractivity contribution in [3.8, 4) is 0 Å². The Bertz CT molecular complexity index is 1120. The molecule has 8 nitrogen and oxygen atoms in total. The molecule has 2 rings (SSSR count). The summed E-state index contributed by atoms with van der Waals surface area (Å²) in [4.78, 5) is 37.6. The van der Waals surface area contributed by atoms with Gasteiger partial charge in [0, 0.05) is 42.4 Å². The Labute approximate surface area is 286 Å². The van der Waals surface area contributed by atoms with E-state index in [1.54, 1.807) is 12.5 Å². The van der Waals surface area contributed by atoms with E-state index in [0.29, 0.717) is 44.6 Å². The molecule has 0 aliphatic rings. The highest BCUT2D eigenvalue weighted by Gasteiger charge is 2.32. The number of likely N-dealkylation sites (N-methyl/N-ethyl adjacent to an activating group) is 2. The fourth-order valence-corrected chi connectivity index (χ4v) is 7.19. The van der Waals surface area contributed by atoms with Gasteiger partial charge >= 0.3 is 0 Å². The molecule has 45 heavy (non-hydrogen) atoms. The highest BCUT2D eigenvalue weighted by molar-refractivity contribution is 8.47. The highest BCUT2D eigenvalue weighted by atomic mass is 32.2. The van der Waals surface area contributed by atoms with Gasteiger partial charge in [0.15, 0.2) is 0 Å². The fourth-order valence-electron chi connectivity index (χ4n) is 5.69. The molecule has 2 amide bonds. The van der Waals surface area contributed by atoms with E-state index >= 15 is 0 Å². The average molecular weight is 679 g/mol. The zero-order valence-electron chi connectivity index (χ0n) is 28.7. The Morgan fingerprint density at radius 3 is 2.13 bits per heavy atom. The second kappa shape index (κ2) is 20.3. The summed E-state index contributed by atoms with van der Waals surface area (Å²) in [7, 11) is 9.00. The number of nitrogens with zero attached hydrogens (tertiary/aromatic N) is 4. The number of imidazole rings is 1. The van der Waals surface area contributed by atoms with Crippen LogP contribution in [0.2, 0.25) is 0 Å². The Balaban J connectivity index is 2.35. The third kappa shape index (κ3) is 15.5. The lowest BCUT2D eigenvalue weighted by Crippen LogP contribution is -2.52. The zero-order valence-corrected chi connectivity index (χ0v) is 31.2. The standard InChI is InChI=1S/C34H57N6O2S3/c1-8-19-39(3,4)21-17-38(18-22-40(5,6)20-9-2)33(42)29(23-28-13-11-10-12-14-28)24-30(26-45-34(43)44-7)32(41)36-16-15-31-25-35-27-37-31/h10-14,25,27,29-30H,8-9,15-24,26H2,1-7H3,(H-,35,36,37,41)/q+1/p+1. The van der Waals surface area contributed by atoms with E-state index in [1.807, 2.05) is 24.5 Å². The Morgan fingerprint density at radius 1 is 0.978 bits per heavy atom. The van der Waals surface area contributed by atoms with E-state index < -0.39 is 0 Å². The van der Waals surface area contributed by atoms with Gasteiger partial charge < -0.3 is 24.2 Å². The molecule has 252 valence electrons. The molecule has 0 fully saturated rings. The van der Waals surface area contributed by atoms with E-state index in [-0.39, 0.29) is 23.7 Å². The second-order valence-corrected chi connectivity index (χ2v) is 16.3. The van der Waals surface area contributed by atoms with Crippen LogP contribution in [-0.4, -0.2) is 125 Å². The lowest BCUT2D eigenvalue weighted by atomic mass is 9.88. The van der Waals surface area contributed by atoms with Gasteiger partial charge in [0.2, 0.25) is 11.8 Å². The molecular formula is C34H58N6O2S3+2. The minimum atomic E-state index is -0.346. The highest BCUT2D eigenvalue weighted by Crippen LogP contribution is 2.26. The number of hydrogen-bond donors (Lipinski definition) is 2. The maximum atomic E-state index is 14.7. The fraction of sp³-hybridized carbons (Fsp3) is 0.647. The number of H-pyrrole nitrogens is 1.